The number of phenolic OH excluding ortho intramolecular Hbond substituents is 1. The molecule has 0 unspecified atom stereocenters. The van der Waals surface area contributed by atoms with Gasteiger partial charge in [-0.25, -0.2) is 0 Å². The van der Waals surface area contributed by atoms with Crippen LogP contribution in [-0.4, -0.2) is 25.3 Å². The second-order valence-electron chi connectivity index (χ2n) is 6.19. The van der Waals surface area contributed by atoms with Crippen LogP contribution in [0.1, 0.15) is 19.3 Å². The number of fused-ring (bicyclic) bond motifs is 1. The Balaban J connectivity index is 1.85. The Bertz CT molecular complexity index is 969. The highest BCUT2D eigenvalue weighted by Gasteiger charge is 2.19. The number of aromatic hydroxyl groups is 1. The van der Waals surface area contributed by atoms with Gasteiger partial charge in [0.25, 0.3) is 0 Å². The molecule has 130 valence electrons. The molecule has 1 fully saturated rings. The average Bonchev–Trinajstić information content (AvgIpc) is 3.07. The summed E-state index contributed by atoms with van der Waals surface area (Å²) >= 11 is 1.38. The summed E-state index contributed by atoms with van der Waals surface area (Å²) < 4.78 is 11.9. The van der Waals surface area contributed by atoms with Gasteiger partial charge in [0.05, 0.1) is 7.11 Å². The van der Waals surface area contributed by atoms with E-state index in [0.29, 0.717) is 21.9 Å². The highest BCUT2D eigenvalue weighted by molar-refractivity contribution is 7.17. The van der Waals surface area contributed by atoms with Gasteiger partial charge < -0.3 is 19.2 Å². The quantitative estimate of drug-likeness (QED) is 0.760. The van der Waals surface area contributed by atoms with Crippen LogP contribution in [0.25, 0.3) is 21.4 Å². The number of nitrogens with zero attached hydrogens (tertiary/aromatic N) is 1. The first kappa shape index (κ1) is 16.0. The predicted molar refractivity (Wildman–Crippen MR) is 100 cm³/mol. The van der Waals surface area contributed by atoms with Crippen LogP contribution >= 0.6 is 11.3 Å². The van der Waals surface area contributed by atoms with E-state index in [9.17, 15) is 9.90 Å². The number of benzene rings is 1. The van der Waals surface area contributed by atoms with Crippen molar-refractivity contribution < 1.29 is 14.3 Å². The molecule has 0 saturated carbocycles. The van der Waals surface area contributed by atoms with Gasteiger partial charge in [0.2, 0.25) is 5.43 Å². The number of methoxy groups -OCH3 is 1. The zero-order valence-corrected chi connectivity index (χ0v) is 14.8. The van der Waals surface area contributed by atoms with Crippen LogP contribution in [0.3, 0.4) is 0 Å². The number of phenols is 1. The molecule has 5 nitrogen and oxygen atoms in total. The molecule has 3 aromatic rings. The Morgan fingerprint density at radius 2 is 2.00 bits per heavy atom. The van der Waals surface area contributed by atoms with Crippen molar-refractivity contribution in [2.24, 2.45) is 0 Å². The van der Waals surface area contributed by atoms with E-state index in [-0.39, 0.29) is 11.2 Å². The summed E-state index contributed by atoms with van der Waals surface area (Å²) in [5.74, 6) is 1.12. The maximum atomic E-state index is 12.5. The molecule has 1 aliphatic rings. The van der Waals surface area contributed by atoms with Gasteiger partial charge in [-0.2, -0.15) is 0 Å². The van der Waals surface area contributed by atoms with Crippen LogP contribution in [0.5, 0.6) is 11.5 Å². The number of thiophene rings is 1. The Hall–Kier alpha value is -2.47. The van der Waals surface area contributed by atoms with Gasteiger partial charge in [0, 0.05) is 30.1 Å². The van der Waals surface area contributed by atoms with E-state index in [1.54, 1.807) is 24.3 Å². The smallest absolute Gasteiger partial charge is 0.204 e. The van der Waals surface area contributed by atoms with Gasteiger partial charge in [-0.05, 0) is 37.0 Å². The maximum absolute atomic E-state index is 12.5. The molecule has 1 aromatic carbocycles. The molecule has 1 saturated heterocycles. The zero-order valence-electron chi connectivity index (χ0n) is 13.9. The van der Waals surface area contributed by atoms with Gasteiger partial charge in [0.15, 0.2) is 23.0 Å². The molecule has 0 spiro atoms. The minimum absolute atomic E-state index is 0.0104. The fourth-order valence-corrected chi connectivity index (χ4v) is 4.16. The van der Waals surface area contributed by atoms with E-state index in [1.807, 2.05) is 5.38 Å². The number of hydrogen-bond donors (Lipinski definition) is 1. The van der Waals surface area contributed by atoms with E-state index in [1.165, 1.54) is 24.9 Å². The molecule has 6 heteroatoms. The summed E-state index contributed by atoms with van der Waals surface area (Å²) in [6, 6.07) is 6.74. The first-order chi connectivity index (χ1) is 12.2. The predicted octanol–water partition coefficient (Wildman–Crippen LogP) is 4.23. The van der Waals surface area contributed by atoms with Crippen LogP contribution < -0.4 is 15.1 Å². The average molecular weight is 357 g/mol. The maximum Gasteiger partial charge on any atom is 0.204 e. The van der Waals surface area contributed by atoms with Crippen LogP contribution in [0, 0.1) is 0 Å². The highest BCUT2D eigenvalue weighted by Crippen LogP contribution is 2.38. The zero-order chi connectivity index (χ0) is 17.4. The van der Waals surface area contributed by atoms with Crippen molar-refractivity contribution in [1.29, 1.82) is 0 Å². The fraction of sp³-hybridized carbons (Fsp3) is 0.316. The van der Waals surface area contributed by atoms with Gasteiger partial charge in [0.1, 0.15) is 4.70 Å². The van der Waals surface area contributed by atoms with Crippen molar-refractivity contribution in [2.45, 2.75) is 19.3 Å². The number of anilines is 1. The third kappa shape index (κ3) is 2.87. The number of rotatable bonds is 3. The molecule has 4 rings (SSSR count). The molecular weight excluding hydrogens is 338 g/mol. The lowest BCUT2D eigenvalue weighted by Gasteiger charge is -2.26. The van der Waals surface area contributed by atoms with Crippen LogP contribution in [0.15, 0.2) is 38.9 Å². The molecule has 1 N–H and O–H groups in total. The van der Waals surface area contributed by atoms with Crippen molar-refractivity contribution in [3.8, 4) is 22.6 Å². The molecule has 25 heavy (non-hydrogen) atoms. The van der Waals surface area contributed by atoms with E-state index in [0.717, 1.165) is 37.1 Å². The Labute approximate surface area is 149 Å². The third-order valence-corrected chi connectivity index (χ3v) is 5.56. The minimum Gasteiger partial charge on any atom is -0.504 e. The monoisotopic (exact) mass is 357 g/mol. The normalized spacial score (nSPS) is 14.8. The third-order valence-electron chi connectivity index (χ3n) is 4.59. The fourth-order valence-electron chi connectivity index (χ4n) is 3.24. The second-order valence-corrected chi connectivity index (χ2v) is 7.07. The summed E-state index contributed by atoms with van der Waals surface area (Å²) in [6.07, 6.45) is 3.46. The standard InChI is InChI=1S/C19H19NO4S/c1-23-16-9-12(5-6-14(16)21)13-11-25-19-15(22)10-17(24-18(13)19)20-7-3-2-4-8-20/h5-6,9-11,21H,2-4,7-8H2,1H3. The van der Waals surface area contributed by atoms with E-state index < -0.39 is 0 Å². The summed E-state index contributed by atoms with van der Waals surface area (Å²) in [6.45, 7) is 1.84. The number of piperidine rings is 1. The second kappa shape index (κ2) is 6.44. The molecular formula is C19H19NO4S. The lowest BCUT2D eigenvalue weighted by molar-refractivity contribution is 0.373. The molecule has 2 aromatic heterocycles. The number of ether oxygens (including phenoxy) is 1. The van der Waals surface area contributed by atoms with Crippen LogP contribution in [0.2, 0.25) is 0 Å². The van der Waals surface area contributed by atoms with Crippen molar-refractivity contribution in [3.05, 3.63) is 39.9 Å². The lowest BCUT2D eigenvalue weighted by atomic mass is 10.1. The summed E-state index contributed by atoms with van der Waals surface area (Å²) in [5.41, 5.74) is 2.28. The summed E-state index contributed by atoms with van der Waals surface area (Å²) in [4.78, 5) is 14.7. The molecule has 0 amide bonds. The number of hydrogen-bond acceptors (Lipinski definition) is 6. The van der Waals surface area contributed by atoms with Crippen molar-refractivity contribution in [1.82, 2.24) is 0 Å². The van der Waals surface area contributed by atoms with Gasteiger partial charge in [-0.15, -0.1) is 11.3 Å². The Morgan fingerprint density at radius 3 is 2.76 bits per heavy atom. The first-order valence-corrected chi connectivity index (χ1v) is 9.23. The highest BCUT2D eigenvalue weighted by atomic mass is 32.1. The van der Waals surface area contributed by atoms with E-state index >= 15 is 0 Å². The van der Waals surface area contributed by atoms with Crippen molar-refractivity contribution in [2.75, 3.05) is 25.1 Å². The molecule has 0 radical (unpaired) electrons. The van der Waals surface area contributed by atoms with E-state index in [2.05, 4.69) is 4.90 Å². The summed E-state index contributed by atoms with van der Waals surface area (Å²) in [7, 11) is 1.51. The molecule has 1 aliphatic heterocycles. The van der Waals surface area contributed by atoms with Gasteiger partial charge >= 0.3 is 0 Å². The molecule has 3 heterocycles. The Morgan fingerprint density at radius 1 is 1.20 bits per heavy atom. The molecule has 0 bridgehead atoms. The van der Waals surface area contributed by atoms with Crippen LogP contribution in [-0.2, 0) is 0 Å². The van der Waals surface area contributed by atoms with Crippen molar-refractivity contribution in [3.63, 3.8) is 0 Å². The molecule has 0 aliphatic carbocycles. The SMILES string of the molecule is COc1cc(-c2csc3c(=O)cc(N4CCCCC4)oc23)ccc1O. The topological polar surface area (TPSA) is 62.9 Å². The van der Waals surface area contributed by atoms with Gasteiger partial charge in [-0.1, -0.05) is 6.07 Å². The van der Waals surface area contributed by atoms with Gasteiger partial charge in [-0.3, -0.25) is 4.79 Å². The van der Waals surface area contributed by atoms with Crippen LogP contribution in [0.4, 0.5) is 5.88 Å². The first-order valence-electron chi connectivity index (χ1n) is 8.35. The van der Waals surface area contributed by atoms with Crippen molar-refractivity contribution >= 4 is 27.5 Å². The summed E-state index contributed by atoms with van der Waals surface area (Å²) in [5, 5.41) is 11.7. The Kier molecular flexibility index (Phi) is 4.13. The lowest BCUT2D eigenvalue weighted by Crippen LogP contribution is -2.29. The minimum atomic E-state index is -0.0104. The van der Waals surface area contributed by atoms with E-state index in [4.69, 9.17) is 9.15 Å². The molecule has 0 atom stereocenters. The largest absolute Gasteiger partial charge is 0.504 e.